The first-order valence-electron chi connectivity index (χ1n) is 17.2. The second-order valence-corrected chi connectivity index (χ2v) is 18.6. The van der Waals surface area contributed by atoms with Crippen LogP contribution in [0, 0.1) is 13.8 Å². The fourth-order valence-electron chi connectivity index (χ4n) is 6.20. The SMILES string of the molecule is COc1cc(N=Nc2cc(S(=O)(=O)[O-])c3cccc(S(=O)(=O)O)c3c2)c(C)cc1NC(=O)Nc1cc(C)c(N=Nc2cc(S(=O)(=O)[O-])c3cccc(S(=O)(=O)O)c3c2)cc1OC.[Li+].[Na+]. The quantitative estimate of drug-likeness (QED) is 0.0766. The minimum Gasteiger partial charge on any atom is -0.744 e. The van der Waals surface area contributed by atoms with Gasteiger partial charge in [0, 0.05) is 33.7 Å². The molecule has 0 bridgehead atoms. The Morgan fingerprint density at radius 1 is 0.547 bits per heavy atom. The molecule has 21 nitrogen and oxygen atoms in total. The summed E-state index contributed by atoms with van der Waals surface area (Å²) >= 11 is 0. The summed E-state index contributed by atoms with van der Waals surface area (Å²) < 4.78 is 151. The number of aryl methyl sites for hydroxylation is 2. The number of urea groups is 1. The number of methoxy groups -OCH3 is 2. The molecule has 6 aromatic carbocycles. The van der Waals surface area contributed by atoms with Crippen LogP contribution in [0.15, 0.2) is 125 Å². The van der Waals surface area contributed by atoms with Crippen molar-refractivity contribution in [3.63, 3.8) is 0 Å². The number of ether oxygens (including phenoxy) is 2. The van der Waals surface area contributed by atoms with E-state index in [1.165, 1.54) is 50.6 Å². The Balaban J connectivity index is 0.00000449. The number of rotatable bonds is 12. The van der Waals surface area contributed by atoms with Crippen LogP contribution in [0.1, 0.15) is 11.1 Å². The molecular formula is C37H30LiN6NaO15S4. The molecule has 0 aromatic heterocycles. The summed E-state index contributed by atoms with van der Waals surface area (Å²) in [5.74, 6) is 0.165. The molecule has 0 saturated carbocycles. The molecule has 0 aliphatic heterocycles. The molecule has 6 aromatic rings. The topological polar surface area (TPSA) is 332 Å². The maximum atomic E-state index is 13.3. The number of anilines is 2. The number of hydrogen-bond acceptors (Lipinski definition) is 17. The largest absolute Gasteiger partial charge is 1.00 e. The molecule has 0 aliphatic rings. The van der Waals surface area contributed by atoms with Gasteiger partial charge >= 0.3 is 54.4 Å². The van der Waals surface area contributed by atoms with Crippen molar-refractivity contribution in [2.24, 2.45) is 20.5 Å². The smallest absolute Gasteiger partial charge is 0.744 e. The number of carbonyl (C=O) groups excluding carboxylic acids is 1. The molecule has 0 fully saturated rings. The third-order valence-electron chi connectivity index (χ3n) is 8.98. The zero-order chi connectivity index (χ0) is 45.5. The van der Waals surface area contributed by atoms with Crippen LogP contribution in [-0.4, -0.2) is 72.1 Å². The summed E-state index contributed by atoms with van der Waals surface area (Å²) in [4.78, 5) is 10.4. The van der Waals surface area contributed by atoms with Crippen LogP contribution in [0.4, 0.5) is 38.9 Å². The maximum Gasteiger partial charge on any atom is 1.00 e. The summed E-state index contributed by atoms with van der Waals surface area (Å²) in [5, 5.41) is 20.4. The monoisotopic (exact) mass is 956 g/mol. The van der Waals surface area contributed by atoms with E-state index in [1.807, 2.05) is 0 Å². The number of carbonyl (C=O) groups is 1. The van der Waals surface area contributed by atoms with Gasteiger partial charge in [-0.1, -0.05) is 24.3 Å². The molecule has 2 amide bonds. The predicted octanol–water partition coefficient (Wildman–Crippen LogP) is 1.41. The Hall–Kier alpha value is -4.85. The molecule has 0 saturated heterocycles. The zero-order valence-corrected chi connectivity index (χ0v) is 39.5. The molecule has 27 heteroatoms. The van der Waals surface area contributed by atoms with Gasteiger partial charge in [0.2, 0.25) is 0 Å². The molecule has 4 N–H and O–H groups in total. The van der Waals surface area contributed by atoms with E-state index < -0.39 is 66.1 Å². The molecule has 64 heavy (non-hydrogen) atoms. The molecule has 0 spiro atoms. The van der Waals surface area contributed by atoms with Gasteiger partial charge in [-0.25, -0.2) is 21.6 Å². The average molecular weight is 957 g/mol. The second kappa shape index (κ2) is 19.7. The van der Waals surface area contributed by atoms with Crippen molar-refractivity contribution in [1.82, 2.24) is 0 Å². The average Bonchev–Trinajstić information content (AvgIpc) is 3.17. The van der Waals surface area contributed by atoms with Gasteiger partial charge in [-0.2, -0.15) is 37.3 Å². The molecule has 0 radical (unpaired) electrons. The van der Waals surface area contributed by atoms with E-state index >= 15 is 0 Å². The first kappa shape index (κ1) is 51.8. The predicted molar refractivity (Wildman–Crippen MR) is 220 cm³/mol. The number of benzene rings is 6. The number of nitrogens with zero attached hydrogens (tertiary/aromatic N) is 4. The van der Waals surface area contributed by atoms with Gasteiger partial charge in [0.25, 0.3) is 20.2 Å². The number of nitrogens with one attached hydrogen (secondary N) is 2. The first-order chi connectivity index (χ1) is 28.9. The van der Waals surface area contributed by atoms with Crippen LogP contribution in [0.25, 0.3) is 21.5 Å². The summed E-state index contributed by atoms with van der Waals surface area (Å²) in [6.07, 6.45) is 0. The number of fused-ring (bicyclic) bond motifs is 2. The van der Waals surface area contributed by atoms with E-state index in [0.717, 1.165) is 48.5 Å². The van der Waals surface area contributed by atoms with E-state index in [0.29, 0.717) is 11.1 Å². The normalized spacial score (nSPS) is 12.2. The maximum absolute atomic E-state index is 13.3. The molecular weight excluding hydrogens is 927 g/mol. The van der Waals surface area contributed by atoms with E-state index in [-0.39, 0.29) is 116 Å². The summed E-state index contributed by atoms with van der Waals surface area (Å²) in [6.45, 7) is 3.18. The van der Waals surface area contributed by atoms with Crippen molar-refractivity contribution < 1.29 is 115 Å². The van der Waals surface area contributed by atoms with Gasteiger partial charge in [-0.3, -0.25) is 9.11 Å². The molecule has 0 atom stereocenters. The Bertz CT molecular complexity index is 3170. The number of amides is 2. The Morgan fingerprint density at radius 2 is 0.906 bits per heavy atom. The fourth-order valence-corrected chi connectivity index (χ4v) is 9.02. The molecule has 0 aliphatic carbocycles. The van der Waals surface area contributed by atoms with Gasteiger partial charge in [-0.15, -0.1) is 0 Å². The van der Waals surface area contributed by atoms with E-state index in [2.05, 4.69) is 31.1 Å². The molecule has 0 unspecified atom stereocenters. The third kappa shape index (κ3) is 11.5. The van der Waals surface area contributed by atoms with Crippen molar-refractivity contribution in [3.05, 3.63) is 96.1 Å². The summed E-state index contributed by atoms with van der Waals surface area (Å²) in [7, 11) is -17.4. The minimum absolute atomic E-state index is 0. The van der Waals surface area contributed by atoms with Gasteiger partial charge in [0.15, 0.2) is 0 Å². The number of hydrogen-bond donors (Lipinski definition) is 4. The van der Waals surface area contributed by atoms with Crippen LogP contribution in [-0.2, 0) is 40.5 Å². The fraction of sp³-hybridized carbons (Fsp3) is 0.108. The van der Waals surface area contributed by atoms with Crippen molar-refractivity contribution in [3.8, 4) is 11.5 Å². The van der Waals surface area contributed by atoms with E-state index in [4.69, 9.17) is 9.47 Å². The van der Waals surface area contributed by atoms with Gasteiger partial charge in [0.05, 0.1) is 58.1 Å². The van der Waals surface area contributed by atoms with Crippen LogP contribution in [0.2, 0.25) is 0 Å². The Morgan fingerprint density at radius 3 is 1.22 bits per heavy atom. The van der Waals surface area contributed by atoms with Crippen LogP contribution >= 0.6 is 0 Å². The Kier molecular flexibility index (Phi) is 15.9. The third-order valence-corrected chi connectivity index (χ3v) is 12.6. The van der Waals surface area contributed by atoms with Crippen molar-refractivity contribution in [2.75, 3.05) is 24.9 Å². The zero-order valence-electron chi connectivity index (χ0n) is 34.2. The van der Waals surface area contributed by atoms with Crippen LogP contribution in [0.5, 0.6) is 11.5 Å². The Labute approximate surface area is 399 Å². The van der Waals surface area contributed by atoms with Gasteiger partial charge in [0.1, 0.15) is 41.5 Å². The van der Waals surface area contributed by atoms with Crippen molar-refractivity contribution in [1.29, 1.82) is 0 Å². The molecule has 0 heterocycles. The summed E-state index contributed by atoms with van der Waals surface area (Å²) in [6, 6.07) is 15.7. The van der Waals surface area contributed by atoms with E-state index in [1.54, 1.807) is 13.8 Å². The van der Waals surface area contributed by atoms with Crippen molar-refractivity contribution in [2.45, 2.75) is 33.4 Å². The molecule has 324 valence electrons. The van der Waals surface area contributed by atoms with E-state index in [9.17, 15) is 56.7 Å². The van der Waals surface area contributed by atoms with Crippen molar-refractivity contribution >= 4 is 102 Å². The molecule has 6 rings (SSSR count). The van der Waals surface area contributed by atoms with Gasteiger partial charge in [-0.05, 0) is 73.5 Å². The first-order valence-corrected chi connectivity index (χ1v) is 22.9. The van der Waals surface area contributed by atoms with Crippen LogP contribution < -0.4 is 68.5 Å². The van der Waals surface area contributed by atoms with Gasteiger partial charge < -0.3 is 29.2 Å². The minimum atomic E-state index is -5.15. The number of azo groups is 2. The summed E-state index contributed by atoms with van der Waals surface area (Å²) in [5.41, 5.74) is 0.930. The van der Waals surface area contributed by atoms with Crippen LogP contribution in [0.3, 0.4) is 0 Å². The second-order valence-electron chi connectivity index (χ2n) is 13.1. The standard InChI is InChI=1S/C37H32N6O15S4.Li.Na/c1-19-11-29(31(57-3)17-27(19)42-40-21-13-25-23(35(15-21)61(51,52)53)7-5-9-33(25)59(45,46)47)38-37(44)39-30-12-20(2)28(18-32(30)58-4)43-41-22-14-26-24(36(16-22)62(54,55)56)8-6-10-34(26)60(48,49)50;;/h5-18H,1-4H3,(H2,38,39,44)(H,45,46,47)(H,48,49,50)(H,51,52,53)(H,54,55,56);;/q;2*+1/p-2.